The molecular weight excluding hydrogens is 416 g/mol. The number of hydrogen-bond acceptors (Lipinski definition) is 8. The largest absolute Gasteiger partial charge is 0.493 e. The van der Waals surface area contributed by atoms with Crippen molar-refractivity contribution in [3.05, 3.63) is 47.2 Å². The average molecular weight is 435 g/mol. The summed E-state index contributed by atoms with van der Waals surface area (Å²) in [6.07, 6.45) is 1.43. The lowest BCUT2D eigenvalue weighted by Gasteiger charge is -2.13. The fraction of sp³-hybridized carbons (Fsp3) is 0.238. The Morgan fingerprint density at radius 1 is 0.903 bits per heavy atom. The quantitative estimate of drug-likeness (QED) is 0.462. The van der Waals surface area contributed by atoms with Crippen LogP contribution in [0.15, 0.2) is 41.0 Å². The third kappa shape index (κ3) is 4.68. The van der Waals surface area contributed by atoms with Crippen LogP contribution in [0, 0.1) is 0 Å². The second kappa shape index (κ2) is 9.33. The summed E-state index contributed by atoms with van der Waals surface area (Å²) < 4.78 is 55.6. The molecule has 1 aliphatic rings. The zero-order valence-electron chi connectivity index (χ0n) is 17.1. The van der Waals surface area contributed by atoms with E-state index >= 15 is 0 Å². The van der Waals surface area contributed by atoms with Crippen molar-refractivity contribution in [3.63, 3.8) is 0 Å². The maximum Gasteiger partial charge on any atom is 0.387 e. The predicted octanol–water partition coefficient (Wildman–Crippen LogP) is 3.67. The molecule has 0 amide bonds. The highest BCUT2D eigenvalue weighted by Crippen LogP contribution is 2.39. The van der Waals surface area contributed by atoms with Crippen molar-refractivity contribution < 1.29 is 42.0 Å². The molecule has 8 nitrogen and oxygen atoms in total. The summed E-state index contributed by atoms with van der Waals surface area (Å²) in [5.41, 5.74) is 0.915. The van der Waals surface area contributed by atoms with Crippen LogP contribution in [-0.2, 0) is 9.53 Å². The number of benzene rings is 2. The van der Waals surface area contributed by atoms with Crippen LogP contribution in [0.2, 0.25) is 0 Å². The van der Waals surface area contributed by atoms with Crippen LogP contribution in [0.25, 0.3) is 6.08 Å². The first kappa shape index (κ1) is 21.9. The number of carbonyl (C=O) groups is 1. The van der Waals surface area contributed by atoms with E-state index in [0.29, 0.717) is 28.4 Å². The summed E-state index contributed by atoms with van der Waals surface area (Å²) in [6.45, 7) is -2.99. The van der Waals surface area contributed by atoms with Gasteiger partial charge in [0, 0.05) is 5.56 Å². The Balaban J connectivity index is 1.96. The van der Waals surface area contributed by atoms with Crippen LogP contribution in [0.5, 0.6) is 28.7 Å². The molecule has 0 atom stereocenters. The van der Waals surface area contributed by atoms with Crippen molar-refractivity contribution in [1.29, 1.82) is 0 Å². The molecule has 0 aliphatic carbocycles. The lowest BCUT2D eigenvalue weighted by atomic mass is 10.1. The maximum absolute atomic E-state index is 12.5. The first-order valence-corrected chi connectivity index (χ1v) is 8.86. The van der Waals surface area contributed by atoms with Crippen LogP contribution < -0.4 is 23.7 Å². The number of alkyl halides is 2. The van der Waals surface area contributed by atoms with Crippen LogP contribution in [-0.4, -0.2) is 46.9 Å². The number of ether oxygens (including phenoxy) is 6. The molecule has 0 fully saturated rings. The summed E-state index contributed by atoms with van der Waals surface area (Å²) in [4.78, 5) is 16.5. The SMILES string of the molecule is COc1cc(/C=C2/N=C(c3cc(OC)c(OC)c(OC)c3)OC2=O)ccc1OC(F)F. The standard InChI is InChI=1S/C21H19F2NO7/c1-26-15-8-11(5-6-14(15)30-21(22)23)7-13-20(25)31-19(24-13)12-9-16(27-2)18(29-4)17(10-12)28-3/h5-10,21H,1-4H3/b13-7+. The summed E-state index contributed by atoms with van der Waals surface area (Å²) in [6, 6.07) is 7.41. The fourth-order valence-electron chi connectivity index (χ4n) is 2.86. The van der Waals surface area contributed by atoms with Crippen LogP contribution >= 0.6 is 0 Å². The Labute approximate surface area is 176 Å². The molecule has 0 unspecified atom stereocenters. The van der Waals surface area contributed by atoms with Gasteiger partial charge in [0.25, 0.3) is 0 Å². The molecule has 0 bridgehead atoms. The number of cyclic esters (lactones) is 1. The monoisotopic (exact) mass is 435 g/mol. The van der Waals surface area contributed by atoms with Gasteiger partial charge in [-0.05, 0) is 35.9 Å². The Hall–Kier alpha value is -3.82. The summed E-state index contributed by atoms with van der Waals surface area (Å²) in [7, 11) is 5.71. The van der Waals surface area contributed by atoms with Crippen molar-refractivity contribution in [2.45, 2.75) is 6.61 Å². The molecule has 164 valence electrons. The molecule has 0 radical (unpaired) electrons. The molecule has 1 heterocycles. The molecule has 0 saturated heterocycles. The highest BCUT2D eigenvalue weighted by Gasteiger charge is 2.26. The fourth-order valence-corrected chi connectivity index (χ4v) is 2.86. The molecular formula is C21H19F2NO7. The molecule has 3 rings (SSSR count). The highest BCUT2D eigenvalue weighted by molar-refractivity contribution is 6.13. The van der Waals surface area contributed by atoms with E-state index in [1.165, 1.54) is 52.7 Å². The zero-order valence-corrected chi connectivity index (χ0v) is 17.1. The Morgan fingerprint density at radius 3 is 2.10 bits per heavy atom. The number of aliphatic imine (C=N–C) groups is 1. The van der Waals surface area contributed by atoms with Gasteiger partial charge >= 0.3 is 12.6 Å². The minimum absolute atomic E-state index is 0.00772. The number of carbonyl (C=O) groups excluding carboxylic acids is 1. The van der Waals surface area contributed by atoms with E-state index < -0.39 is 12.6 Å². The molecule has 2 aromatic carbocycles. The van der Waals surface area contributed by atoms with Crippen LogP contribution in [0.1, 0.15) is 11.1 Å². The van der Waals surface area contributed by atoms with Gasteiger partial charge in [0.1, 0.15) is 0 Å². The van der Waals surface area contributed by atoms with E-state index in [4.69, 9.17) is 23.7 Å². The summed E-state index contributed by atoms with van der Waals surface area (Å²) in [5, 5.41) is 0. The minimum atomic E-state index is -2.99. The van der Waals surface area contributed by atoms with Gasteiger partial charge in [0.05, 0.1) is 28.4 Å². The number of hydrogen-bond donors (Lipinski definition) is 0. The van der Waals surface area contributed by atoms with Crippen molar-refractivity contribution in [2.24, 2.45) is 4.99 Å². The van der Waals surface area contributed by atoms with Gasteiger partial charge in [-0.25, -0.2) is 9.79 Å². The van der Waals surface area contributed by atoms with Gasteiger partial charge in [-0.3, -0.25) is 0 Å². The summed E-state index contributed by atoms with van der Waals surface area (Å²) in [5.74, 6) is 0.424. The van der Waals surface area contributed by atoms with Gasteiger partial charge in [0.15, 0.2) is 28.7 Å². The van der Waals surface area contributed by atoms with E-state index in [0.717, 1.165) is 0 Å². The molecule has 10 heteroatoms. The van der Waals surface area contributed by atoms with Crippen molar-refractivity contribution in [1.82, 2.24) is 0 Å². The number of esters is 1. The molecule has 0 N–H and O–H groups in total. The maximum atomic E-state index is 12.5. The van der Waals surface area contributed by atoms with E-state index in [1.54, 1.807) is 12.1 Å². The molecule has 2 aromatic rings. The smallest absolute Gasteiger partial charge is 0.387 e. The van der Waals surface area contributed by atoms with Crippen LogP contribution in [0.4, 0.5) is 8.78 Å². The predicted molar refractivity (Wildman–Crippen MR) is 106 cm³/mol. The second-order valence-corrected chi connectivity index (χ2v) is 6.04. The Morgan fingerprint density at radius 2 is 1.55 bits per heavy atom. The van der Waals surface area contributed by atoms with Gasteiger partial charge in [0.2, 0.25) is 11.6 Å². The van der Waals surface area contributed by atoms with Crippen LogP contribution in [0.3, 0.4) is 0 Å². The van der Waals surface area contributed by atoms with E-state index in [-0.39, 0.29) is 23.1 Å². The van der Waals surface area contributed by atoms with Gasteiger partial charge in [-0.1, -0.05) is 6.07 Å². The number of halogens is 2. The zero-order chi connectivity index (χ0) is 22.5. The normalized spacial score (nSPS) is 14.4. The van der Waals surface area contributed by atoms with E-state index in [1.807, 2.05) is 0 Å². The van der Waals surface area contributed by atoms with Gasteiger partial charge in [-0.15, -0.1) is 0 Å². The third-order valence-corrected chi connectivity index (χ3v) is 4.24. The van der Waals surface area contributed by atoms with Gasteiger partial charge < -0.3 is 28.4 Å². The molecule has 1 aliphatic heterocycles. The average Bonchev–Trinajstić information content (AvgIpc) is 3.13. The van der Waals surface area contributed by atoms with E-state index in [9.17, 15) is 13.6 Å². The van der Waals surface area contributed by atoms with Crippen molar-refractivity contribution in [3.8, 4) is 28.7 Å². The lowest BCUT2D eigenvalue weighted by Crippen LogP contribution is -2.07. The Bertz CT molecular complexity index is 1030. The molecule has 0 saturated carbocycles. The first-order valence-electron chi connectivity index (χ1n) is 8.86. The van der Waals surface area contributed by atoms with Gasteiger partial charge in [-0.2, -0.15) is 8.78 Å². The van der Waals surface area contributed by atoms with E-state index in [2.05, 4.69) is 9.73 Å². The van der Waals surface area contributed by atoms with Crippen molar-refractivity contribution in [2.75, 3.05) is 28.4 Å². The summed E-state index contributed by atoms with van der Waals surface area (Å²) >= 11 is 0. The number of rotatable bonds is 8. The highest BCUT2D eigenvalue weighted by atomic mass is 19.3. The number of methoxy groups -OCH3 is 4. The molecule has 31 heavy (non-hydrogen) atoms. The Kier molecular flexibility index (Phi) is 6.58. The van der Waals surface area contributed by atoms with Crippen molar-refractivity contribution >= 4 is 17.9 Å². The second-order valence-electron chi connectivity index (χ2n) is 6.04. The number of nitrogens with zero attached hydrogens (tertiary/aromatic N) is 1. The lowest BCUT2D eigenvalue weighted by molar-refractivity contribution is -0.129. The molecule has 0 spiro atoms. The molecule has 0 aromatic heterocycles. The third-order valence-electron chi connectivity index (χ3n) is 4.24. The minimum Gasteiger partial charge on any atom is -0.493 e. The topological polar surface area (TPSA) is 84.8 Å². The first-order chi connectivity index (χ1) is 14.9.